The normalized spacial score (nSPS) is 34.3. The molecule has 3 unspecified atom stereocenters. The Morgan fingerprint density at radius 3 is 2.42 bits per heavy atom. The summed E-state index contributed by atoms with van der Waals surface area (Å²) in [5.41, 5.74) is 0. The van der Waals surface area contributed by atoms with E-state index in [2.05, 4.69) is 17.1 Å². The van der Waals surface area contributed by atoms with Crippen LogP contribution in [0.25, 0.3) is 0 Å². The van der Waals surface area contributed by atoms with Crippen molar-refractivity contribution in [2.45, 2.75) is 76.9 Å². The number of esters is 1. The fourth-order valence-electron chi connectivity index (χ4n) is 4.65. The maximum Gasteiger partial charge on any atom is 0.317 e. The van der Waals surface area contributed by atoms with Crippen molar-refractivity contribution >= 4 is 11.9 Å². The zero-order valence-corrected chi connectivity index (χ0v) is 16.2. The first-order valence-corrected chi connectivity index (χ1v) is 10.3. The van der Waals surface area contributed by atoms with E-state index < -0.39 is 5.97 Å². The van der Waals surface area contributed by atoms with Crippen molar-refractivity contribution in [3.05, 3.63) is 0 Å². The van der Waals surface area contributed by atoms with Crippen molar-refractivity contribution in [3.63, 3.8) is 0 Å². The van der Waals surface area contributed by atoms with Gasteiger partial charge in [0, 0.05) is 24.7 Å². The van der Waals surface area contributed by atoms with Crippen LogP contribution in [0.5, 0.6) is 0 Å². The van der Waals surface area contributed by atoms with Crippen LogP contribution in [-0.2, 0) is 14.3 Å². The molecule has 0 amide bonds. The van der Waals surface area contributed by atoms with Gasteiger partial charge >= 0.3 is 11.9 Å². The van der Waals surface area contributed by atoms with Crippen molar-refractivity contribution in [1.82, 2.24) is 10.2 Å². The number of nitrogens with one attached hydrogen (secondary N) is 1. The molecule has 2 N–H and O–H groups in total. The zero-order chi connectivity index (χ0) is 18.7. The number of carboxylic acids is 1. The third-order valence-corrected chi connectivity index (χ3v) is 6.39. The van der Waals surface area contributed by atoms with Gasteiger partial charge in [0.25, 0.3) is 0 Å². The van der Waals surface area contributed by atoms with Crippen LogP contribution in [-0.4, -0.2) is 59.8 Å². The van der Waals surface area contributed by atoms with Gasteiger partial charge in [-0.2, -0.15) is 0 Å². The summed E-state index contributed by atoms with van der Waals surface area (Å²) in [7, 11) is 0. The zero-order valence-electron chi connectivity index (χ0n) is 16.2. The number of carbonyl (C=O) groups excluding carboxylic acids is 1. The number of hydrogen-bond donors (Lipinski definition) is 2. The minimum absolute atomic E-state index is 0.0356. The lowest BCUT2D eigenvalue weighted by Crippen LogP contribution is -2.56. The van der Waals surface area contributed by atoms with Gasteiger partial charge < -0.3 is 15.2 Å². The molecule has 0 aromatic carbocycles. The monoisotopic (exact) mass is 366 g/mol. The summed E-state index contributed by atoms with van der Waals surface area (Å²) >= 11 is 0. The van der Waals surface area contributed by atoms with Gasteiger partial charge in [-0.1, -0.05) is 6.92 Å². The van der Waals surface area contributed by atoms with Gasteiger partial charge in [-0.25, -0.2) is 0 Å². The van der Waals surface area contributed by atoms with E-state index >= 15 is 0 Å². The van der Waals surface area contributed by atoms with Crippen LogP contribution in [0, 0.1) is 17.8 Å². The predicted molar refractivity (Wildman–Crippen MR) is 98.8 cm³/mol. The van der Waals surface area contributed by atoms with Gasteiger partial charge in [-0.3, -0.25) is 14.5 Å². The van der Waals surface area contributed by atoms with Gasteiger partial charge in [0.15, 0.2) is 0 Å². The van der Waals surface area contributed by atoms with Crippen LogP contribution < -0.4 is 5.32 Å². The molecular formula is C20H34N2O4. The molecule has 0 saturated heterocycles. The molecule has 0 aliphatic heterocycles. The van der Waals surface area contributed by atoms with Gasteiger partial charge in [-0.15, -0.1) is 0 Å². The lowest BCUT2D eigenvalue weighted by Gasteiger charge is -2.45. The Kier molecular flexibility index (Phi) is 6.56. The fourth-order valence-corrected chi connectivity index (χ4v) is 4.65. The summed E-state index contributed by atoms with van der Waals surface area (Å²) < 4.78 is 5.20. The summed E-state index contributed by atoms with van der Waals surface area (Å²) in [4.78, 5) is 25.3. The average Bonchev–Trinajstić information content (AvgIpc) is 3.33. The molecular weight excluding hydrogens is 332 g/mol. The van der Waals surface area contributed by atoms with Crippen LogP contribution >= 0.6 is 0 Å². The van der Waals surface area contributed by atoms with Crippen molar-refractivity contribution in [1.29, 1.82) is 0 Å². The van der Waals surface area contributed by atoms with Crippen molar-refractivity contribution in [2.24, 2.45) is 17.8 Å². The van der Waals surface area contributed by atoms with Crippen LogP contribution in [0.1, 0.15) is 58.8 Å². The van der Waals surface area contributed by atoms with E-state index in [0.29, 0.717) is 30.7 Å². The Bertz CT molecular complexity index is 502. The molecule has 3 aliphatic rings. The minimum Gasteiger partial charge on any atom is -0.480 e. The predicted octanol–water partition coefficient (Wildman–Crippen LogP) is 2.27. The molecule has 0 bridgehead atoms. The maximum absolute atomic E-state index is 12.0. The highest BCUT2D eigenvalue weighted by Crippen LogP contribution is 2.35. The molecule has 0 aromatic rings. The summed E-state index contributed by atoms with van der Waals surface area (Å²) in [6.45, 7) is 5.60. The standard InChI is InChI=1S/C20H34N2O4/c1-3-26-20(25)18-7-6-15(8-13(18)2)21-16-9-17(10-16)22(12-19(23)24)11-14-4-5-14/h13-18,21H,3-12H2,1-2H3,(H,23,24). The molecule has 148 valence electrons. The van der Waals surface area contributed by atoms with E-state index in [9.17, 15) is 9.59 Å². The molecule has 26 heavy (non-hydrogen) atoms. The second-order valence-electron chi connectivity index (χ2n) is 8.60. The van der Waals surface area contributed by atoms with Crippen molar-refractivity contribution < 1.29 is 19.4 Å². The smallest absolute Gasteiger partial charge is 0.317 e. The third kappa shape index (κ3) is 5.19. The topological polar surface area (TPSA) is 78.9 Å². The molecule has 3 rings (SSSR count). The number of aliphatic carboxylic acids is 1. The molecule has 0 spiro atoms. The molecule has 3 fully saturated rings. The second-order valence-corrected chi connectivity index (χ2v) is 8.60. The Morgan fingerprint density at radius 2 is 1.85 bits per heavy atom. The van der Waals surface area contributed by atoms with Crippen LogP contribution in [0.15, 0.2) is 0 Å². The number of nitrogens with zero attached hydrogens (tertiary/aromatic N) is 1. The molecule has 6 nitrogen and oxygen atoms in total. The Morgan fingerprint density at radius 1 is 1.12 bits per heavy atom. The fraction of sp³-hybridized carbons (Fsp3) is 0.900. The van der Waals surface area contributed by atoms with Crippen LogP contribution in [0.2, 0.25) is 0 Å². The Balaban J connectivity index is 1.40. The molecule has 0 aromatic heterocycles. The summed E-state index contributed by atoms with van der Waals surface area (Å²) in [5.74, 6) is 0.376. The van der Waals surface area contributed by atoms with E-state index in [1.807, 2.05) is 6.92 Å². The van der Waals surface area contributed by atoms with Crippen molar-refractivity contribution in [2.75, 3.05) is 19.7 Å². The SMILES string of the molecule is CCOC(=O)C1CCC(NC2CC(N(CC(=O)O)CC3CC3)C2)CC1C. The number of hydrogen-bond acceptors (Lipinski definition) is 5. The van der Waals surface area contributed by atoms with E-state index in [0.717, 1.165) is 44.6 Å². The first-order valence-electron chi connectivity index (χ1n) is 10.3. The largest absolute Gasteiger partial charge is 0.480 e. The van der Waals surface area contributed by atoms with E-state index in [4.69, 9.17) is 9.84 Å². The molecule has 0 radical (unpaired) electrons. The van der Waals surface area contributed by atoms with E-state index in [1.54, 1.807) is 0 Å². The highest BCUT2D eigenvalue weighted by atomic mass is 16.5. The van der Waals surface area contributed by atoms with Gasteiger partial charge in [0.2, 0.25) is 0 Å². The lowest BCUT2D eigenvalue weighted by atomic mass is 9.76. The van der Waals surface area contributed by atoms with E-state index in [-0.39, 0.29) is 18.4 Å². The number of carbonyl (C=O) groups is 2. The summed E-state index contributed by atoms with van der Waals surface area (Å²) in [5, 5.41) is 12.9. The minimum atomic E-state index is -0.715. The average molecular weight is 367 g/mol. The van der Waals surface area contributed by atoms with Crippen molar-refractivity contribution in [3.8, 4) is 0 Å². The molecule has 0 heterocycles. The first kappa shape index (κ1) is 19.6. The maximum atomic E-state index is 12.0. The molecule has 3 atom stereocenters. The second kappa shape index (κ2) is 8.70. The summed E-state index contributed by atoms with van der Waals surface area (Å²) in [6, 6.07) is 1.38. The summed E-state index contributed by atoms with van der Waals surface area (Å²) in [6.07, 6.45) is 7.55. The lowest BCUT2D eigenvalue weighted by molar-refractivity contribution is -0.151. The van der Waals surface area contributed by atoms with Gasteiger partial charge in [0.05, 0.1) is 19.1 Å². The van der Waals surface area contributed by atoms with Crippen LogP contribution in [0.4, 0.5) is 0 Å². The number of carboxylic acid groups (broad SMARTS) is 1. The molecule has 3 saturated carbocycles. The van der Waals surface area contributed by atoms with Gasteiger partial charge in [0.1, 0.15) is 0 Å². The highest BCUT2D eigenvalue weighted by Gasteiger charge is 2.39. The quantitative estimate of drug-likeness (QED) is 0.610. The number of ether oxygens (including phenoxy) is 1. The van der Waals surface area contributed by atoms with E-state index in [1.165, 1.54) is 12.8 Å². The van der Waals surface area contributed by atoms with Gasteiger partial charge in [-0.05, 0) is 63.7 Å². The Labute approximate surface area is 156 Å². The molecule has 6 heteroatoms. The third-order valence-electron chi connectivity index (χ3n) is 6.39. The first-order chi connectivity index (χ1) is 12.5. The highest BCUT2D eigenvalue weighted by molar-refractivity contribution is 5.72. The van der Waals surface area contributed by atoms with Crippen LogP contribution in [0.3, 0.4) is 0 Å². The molecule has 3 aliphatic carbocycles. The Hall–Kier alpha value is -1.14. The number of rotatable bonds is 9.